The van der Waals surface area contributed by atoms with E-state index in [4.69, 9.17) is 9.47 Å². The van der Waals surface area contributed by atoms with E-state index in [0.29, 0.717) is 6.61 Å². The minimum atomic E-state index is 0.537. The quantitative estimate of drug-likeness (QED) is 0.694. The minimum absolute atomic E-state index is 0.537. The molecule has 0 spiro atoms. The van der Waals surface area contributed by atoms with Gasteiger partial charge >= 0.3 is 0 Å². The van der Waals surface area contributed by atoms with Crippen LogP contribution in [0.3, 0.4) is 0 Å². The summed E-state index contributed by atoms with van der Waals surface area (Å²) in [7, 11) is 1.68. The first-order chi connectivity index (χ1) is 9.88. The molecule has 0 aliphatic heterocycles. The van der Waals surface area contributed by atoms with E-state index in [9.17, 15) is 0 Å². The van der Waals surface area contributed by atoms with E-state index in [1.807, 2.05) is 54.6 Å². The average molecular weight is 264 g/mol. The Bertz CT molecular complexity index is 705. The van der Waals surface area contributed by atoms with Gasteiger partial charge in [0.25, 0.3) is 0 Å². The topological polar surface area (TPSA) is 18.5 Å². The van der Waals surface area contributed by atoms with Gasteiger partial charge in [0.2, 0.25) is 0 Å². The molecule has 0 saturated heterocycles. The Kier molecular flexibility index (Phi) is 3.55. The van der Waals surface area contributed by atoms with Crippen molar-refractivity contribution >= 4 is 10.8 Å². The molecule has 0 N–H and O–H groups in total. The number of rotatable bonds is 4. The lowest BCUT2D eigenvalue weighted by Gasteiger charge is -2.13. The Morgan fingerprint density at radius 1 is 0.800 bits per heavy atom. The Morgan fingerprint density at radius 3 is 2.35 bits per heavy atom. The zero-order valence-corrected chi connectivity index (χ0v) is 11.4. The largest absolute Gasteiger partial charge is 0.492 e. The number of methoxy groups -OCH3 is 1. The Hall–Kier alpha value is -2.48. The van der Waals surface area contributed by atoms with E-state index < -0.39 is 0 Å². The van der Waals surface area contributed by atoms with Crippen molar-refractivity contribution in [3.8, 4) is 11.5 Å². The molecule has 0 radical (unpaired) electrons. The van der Waals surface area contributed by atoms with Gasteiger partial charge < -0.3 is 9.47 Å². The van der Waals surface area contributed by atoms with Crippen molar-refractivity contribution in [3.63, 3.8) is 0 Å². The van der Waals surface area contributed by atoms with Crippen molar-refractivity contribution < 1.29 is 9.47 Å². The summed E-state index contributed by atoms with van der Waals surface area (Å²) in [5.74, 6) is 1.56. The third-order valence-corrected chi connectivity index (χ3v) is 3.28. The molecule has 0 fully saturated rings. The molecule has 0 saturated carbocycles. The fourth-order valence-corrected chi connectivity index (χ4v) is 2.28. The Labute approximate surface area is 118 Å². The van der Waals surface area contributed by atoms with Crippen LogP contribution in [0.5, 0.6) is 11.5 Å². The fourth-order valence-electron chi connectivity index (χ4n) is 2.28. The molecule has 0 aromatic heterocycles. The summed E-state index contributed by atoms with van der Waals surface area (Å²) in [5, 5.41) is 2.22. The van der Waals surface area contributed by atoms with Crippen LogP contribution in [0, 0.1) is 0 Å². The summed E-state index contributed by atoms with van der Waals surface area (Å²) in [6.45, 7) is 0.537. The average Bonchev–Trinajstić information content (AvgIpc) is 2.53. The number of hydrogen-bond donors (Lipinski definition) is 0. The minimum Gasteiger partial charge on any atom is -0.492 e. The van der Waals surface area contributed by atoms with E-state index in [1.54, 1.807) is 7.11 Å². The number of benzene rings is 3. The SMILES string of the molecule is COc1c(OCc2ccccc2)ccc2ccccc12. The molecule has 0 bridgehead atoms. The van der Waals surface area contributed by atoms with Crippen LogP contribution in [0.4, 0.5) is 0 Å². The lowest BCUT2D eigenvalue weighted by atomic mass is 10.1. The Morgan fingerprint density at radius 2 is 1.55 bits per heavy atom. The molecule has 0 atom stereocenters. The van der Waals surface area contributed by atoms with Gasteiger partial charge in [0.15, 0.2) is 11.5 Å². The summed E-state index contributed by atoms with van der Waals surface area (Å²) < 4.78 is 11.4. The molecule has 0 unspecified atom stereocenters. The Balaban J connectivity index is 1.91. The van der Waals surface area contributed by atoms with Gasteiger partial charge in [-0.1, -0.05) is 60.7 Å². The first-order valence-corrected chi connectivity index (χ1v) is 6.61. The van der Waals surface area contributed by atoms with E-state index >= 15 is 0 Å². The molecule has 3 rings (SSSR count). The molecule has 20 heavy (non-hydrogen) atoms. The van der Waals surface area contributed by atoms with Crippen LogP contribution in [0.15, 0.2) is 66.7 Å². The predicted octanol–water partition coefficient (Wildman–Crippen LogP) is 4.43. The standard InChI is InChI=1S/C18H16O2/c1-19-18-16-10-6-5-9-15(16)11-12-17(18)20-13-14-7-3-2-4-8-14/h2-12H,13H2,1H3. The molecule has 0 amide bonds. The molecule has 2 nitrogen and oxygen atoms in total. The molecule has 0 aliphatic rings. The first-order valence-electron chi connectivity index (χ1n) is 6.61. The van der Waals surface area contributed by atoms with Gasteiger partial charge in [0.05, 0.1) is 7.11 Å². The lowest BCUT2D eigenvalue weighted by molar-refractivity contribution is 0.286. The smallest absolute Gasteiger partial charge is 0.168 e. The van der Waals surface area contributed by atoms with Crippen LogP contribution in [0.2, 0.25) is 0 Å². The molecule has 3 aromatic rings. The summed E-state index contributed by atoms with van der Waals surface area (Å²) in [6, 6.07) is 22.3. The summed E-state index contributed by atoms with van der Waals surface area (Å²) in [6.07, 6.45) is 0. The van der Waals surface area contributed by atoms with Crippen LogP contribution in [-0.4, -0.2) is 7.11 Å². The van der Waals surface area contributed by atoms with Crippen molar-refractivity contribution in [1.82, 2.24) is 0 Å². The van der Waals surface area contributed by atoms with Gasteiger partial charge in [-0.3, -0.25) is 0 Å². The van der Waals surface area contributed by atoms with Gasteiger partial charge in [-0.2, -0.15) is 0 Å². The predicted molar refractivity (Wildman–Crippen MR) is 81.3 cm³/mol. The van der Waals surface area contributed by atoms with Crippen LogP contribution in [0.1, 0.15) is 5.56 Å². The number of ether oxygens (including phenoxy) is 2. The highest BCUT2D eigenvalue weighted by atomic mass is 16.5. The maximum Gasteiger partial charge on any atom is 0.168 e. The zero-order chi connectivity index (χ0) is 13.8. The fraction of sp³-hybridized carbons (Fsp3) is 0.111. The second-order valence-electron chi connectivity index (χ2n) is 4.59. The maximum atomic E-state index is 5.90. The van der Waals surface area contributed by atoms with Crippen molar-refractivity contribution in [2.75, 3.05) is 7.11 Å². The maximum absolute atomic E-state index is 5.90. The van der Waals surface area contributed by atoms with E-state index in [1.165, 1.54) is 0 Å². The second-order valence-corrected chi connectivity index (χ2v) is 4.59. The normalized spacial score (nSPS) is 10.4. The van der Waals surface area contributed by atoms with Crippen molar-refractivity contribution in [2.24, 2.45) is 0 Å². The summed E-state index contributed by atoms with van der Waals surface area (Å²) >= 11 is 0. The molecule has 2 heteroatoms. The van der Waals surface area contributed by atoms with Gasteiger partial charge in [-0.05, 0) is 17.0 Å². The van der Waals surface area contributed by atoms with E-state index in [-0.39, 0.29) is 0 Å². The third-order valence-electron chi connectivity index (χ3n) is 3.28. The van der Waals surface area contributed by atoms with Gasteiger partial charge in [0.1, 0.15) is 6.61 Å². The van der Waals surface area contributed by atoms with E-state index in [0.717, 1.165) is 27.8 Å². The lowest BCUT2D eigenvalue weighted by Crippen LogP contribution is -1.97. The monoisotopic (exact) mass is 264 g/mol. The third kappa shape index (κ3) is 2.45. The molecule has 100 valence electrons. The number of hydrogen-bond acceptors (Lipinski definition) is 2. The zero-order valence-electron chi connectivity index (χ0n) is 11.4. The van der Waals surface area contributed by atoms with Gasteiger partial charge in [-0.15, -0.1) is 0 Å². The first kappa shape index (κ1) is 12.5. The van der Waals surface area contributed by atoms with Crippen LogP contribution in [0.25, 0.3) is 10.8 Å². The van der Waals surface area contributed by atoms with Crippen LogP contribution in [-0.2, 0) is 6.61 Å². The second kappa shape index (κ2) is 5.66. The molecular formula is C18H16O2. The van der Waals surface area contributed by atoms with Gasteiger partial charge in [-0.25, -0.2) is 0 Å². The van der Waals surface area contributed by atoms with Crippen molar-refractivity contribution in [2.45, 2.75) is 6.61 Å². The molecule has 3 aromatic carbocycles. The highest BCUT2D eigenvalue weighted by Crippen LogP contribution is 2.35. The molecule has 0 aliphatic carbocycles. The number of fused-ring (bicyclic) bond motifs is 1. The summed E-state index contributed by atoms with van der Waals surface area (Å²) in [4.78, 5) is 0. The van der Waals surface area contributed by atoms with Crippen LogP contribution < -0.4 is 9.47 Å². The molecule has 0 heterocycles. The highest BCUT2D eigenvalue weighted by Gasteiger charge is 2.09. The van der Waals surface area contributed by atoms with Crippen LogP contribution >= 0.6 is 0 Å². The van der Waals surface area contributed by atoms with E-state index in [2.05, 4.69) is 12.1 Å². The highest BCUT2D eigenvalue weighted by molar-refractivity contribution is 5.90. The summed E-state index contributed by atoms with van der Waals surface area (Å²) in [5.41, 5.74) is 1.14. The van der Waals surface area contributed by atoms with Gasteiger partial charge in [0, 0.05) is 5.39 Å². The van der Waals surface area contributed by atoms with Crippen molar-refractivity contribution in [1.29, 1.82) is 0 Å². The molecular weight excluding hydrogens is 248 g/mol. The van der Waals surface area contributed by atoms with Crippen molar-refractivity contribution in [3.05, 3.63) is 72.3 Å².